The van der Waals surface area contributed by atoms with Crippen LogP contribution in [0.4, 0.5) is 39.4 Å². The van der Waals surface area contributed by atoms with E-state index in [9.17, 15) is 22.0 Å². The van der Waals surface area contributed by atoms with E-state index in [1.54, 1.807) is 0 Å². The Labute approximate surface area is 133 Å². The fourth-order valence-electron chi connectivity index (χ4n) is 1.74. The van der Waals surface area contributed by atoms with Gasteiger partial charge in [-0.15, -0.1) is 0 Å². The number of alkyl halides is 3. The van der Waals surface area contributed by atoms with Crippen LogP contribution in [0, 0.1) is 11.6 Å². The van der Waals surface area contributed by atoms with E-state index < -0.39 is 23.5 Å². The largest absolute Gasteiger partial charge is 0.433 e. The Hall–Kier alpha value is -2.49. The van der Waals surface area contributed by atoms with Crippen molar-refractivity contribution in [1.82, 2.24) is 9.97 Å². The van der Waals surface area contributed by atoms with E-state index in [-0.39, 0.29) is 37.0 Å². The number of halogens is 5. The zero-order valence-electron chi connectivity index (χ0n) is 12.2. The summed E-state index contributed by atoms with van der Waals surface area (Å²) < 4.78 is 65.2. The number of aromatic nitrogens is 2. The number of hydrogen-bond acceptors (Lipinski definition) is 5. The lowest BCUT2D eigenvalue weighted by atomic mass is 10.3. The Bertz CT molecular complexity index is 708. The van der Waals surface area contributed by atoms with E-state index in [0.717, 1.165) is 12.1 Å². The predicted molar refractivity (Wildman–Crippen MR) is 76.9 cm³/mol. The third-order valence-electron chi connectivity index (χ3n) is 2.83. The molecular weight excluding hydrogens is 335 g/mol. The molecule has 0 unspecified atom stereocenters. The highest BCUT2D eigenvalue weighted by molar-refractivity contribution is 5.58. The molecule has 0 aliphatic heterocycles. The first-order chi connectivity index (χ1) is 11.3. The summed E-state index contributed by atoms with van der Waals surface area (Å²) in [7, 11) is 0. The molecule has 1 aromatic heterocycles. The maximum Gasteiger partial charge on any atom is 0.433 e. The highest BCUT2D eigenvalue weighted by atomic mass is 19.4. The van der Waals surface area contributed by atoms with Crippen molar-refractivity contribution in [1.29, 1.82) is 0 Å². The van der Waals surface area contributed by atoms with Gasteiger partial charge in [0, 0.05) is 25.3 Å². The Morgan fingerprint density at radius 2 is 1.83 bits per heavy atom. The van der Waals surface area contributed by atoms with Crippen LogP contribution in [0.1, 0.15) is 12.1 Å². The number of rotatable bonds is 6. The number of anilines is 3. The molecule has 0 saturated heterocycles. The van der Waals surface area contributed by atoms with Crippen LogP contribution in [0.3, 0.4) is 0 Å². The number of nitrogens with zero attached hydrogens (tertiary/aromatic N) is 2. The van der Waals surface area contributed by atoms with Gasteiger partial charge < -0.3 is 15.7 Å². The van der Waals surface area contributed by atoms with Crippen molar-refractivity contribution in [3.8, 4) is 0 Å². The monoisotopic (exact) mass is 348 g/mol. The summed E-state index contributed by atoms with van der Waals surface area (Å²) in [5.41, 5.74) is -1.46. The first kappa shape index (κ1) is 17.9. The average Bonchev–Trinajstić information content (AvgIpc) is 2.49. The summed E-state index contributed by atoms with van der Waals surface area (Å²) in [6.07, 6.45) is -4.44. The normalized spacial score (nSPS) is 11.4. The van der Waals surface area contributed by atoms with Gasteiger partial charge in [-0.3, -0.25) is 0 Å². The third kappa shape index (κ3) is 4.75. The predicted octanol–water partition coefficient (Wildman–Crippen LogP) is 3.31. The molecule has 0 amide bonds. The van der Waals surface area contributed by atoms with Crippen molar-refractivity contribution in [2.45, 2.75) is 12.6 Å². The quantitative estimate of drug-likeness (QED) is 0.552. The first-order valence-corrected chi connectivity index (χ1v) is 6.82. The molecule has 1 heterocycles. The van der Waals surface area contributed by atoms with Gasteiger partial charge in [-0.2, -0.15) is 18.2 Å². The van der Waals surface area contributed by atoms with Gasteiger partial charge in [0.05, 0.1) is 5.69 Å². The molecule has 10 heteroatoms. The van der Waals surface area contributed by atoms with Crippen molar-refractivity contribution in [2.24, 2.45) is 0 Å². The summed E-state index contributed by atoms with van der Waals surface area (Å²) in [5.74, 6) is -2.43. The average molecular weight is 348 g/mol. The molecule has 0 radical (unpaired) electrons. The lowest BCUT2D eigenvalue weighted by Gasteiger charge is -2.13. The molecular formula is C14H13F5N4O. The summed E-state index contributed by atoms with van der Waals surface area (Å²) in [6.45, 7) is 0.0000190. The van der Waals surface area contributed by atoms with Gasteiger partial charge in [-0.1, -0.05) is 0 Å². The molecule has 0 spiro atoms. The van der Waals surface area contributed by atoms with Crippen molar-refractivity contribution in [3.63, 3.8) is 0 Å². The van der Waals surface area contributed by atoms with Crippen LogP contribution in [-0.2, 0) is 6.18 Å². The minimum atomic E-state index is -4.73. The van der Waals surface area contributed by atoms with Gasteiger partial charge in [-0.05, 0) is 18.6 Å². The molecule has 130 valence electrons. The van der Waals surface area contributed by atoms with E-state index in [1.807, 2.05) is 0 Å². The molecule has 2 rings (SSSR count). The number of aliphatic hydroxyl groups excluding tert-OH is 1. The number of aliphatic hydroxyl groups is 1. The zero-order chi connectivity index (χ0) is 17.7. The third-order valence-corrected chi connectivity index (χ3v) is 2.83. The second-order valence-electron chi connectivity index (χ2n) is 4.71. The van der Waals surface area contributed by atoms with Gasteiger partial charge in [0.25, 0.3) is 0 Å². The SMILES string of the molecule is OCCCNc1nc(Nc2ccc(F)cc2F)cc(C(F)(F)F)n1. The van der Waals surface area contributed by atoms with E-state index in [4.69, 9.17) is 5.11 Å². The summed E-state index contributed by atoms with van der Waals surface area (Å²) in [4.78, 5) is 7.13. The van der Waals surface area contributed by atoms with E-state index in [1.165, 1.54) is 0 Å². The summed E-state index contributed by atoms with van der Waals surface area (Å²) >= 11 is 0. The lowest BCUT2D eigenvalue weighted by molar-refractivity contribution is -0.141. The lowest BCUT2D eigenvalue weighted by Crippen LogP contribution is -2.14. The van der Waals surface area contributed by atoms with Gasteiger partial charge >= 0.3 is 6.18 Å². The molecule has 3 N–H and O–H groups in total. The van der Waals surface area contributed by atoms with Crippen LogP contribution in [0.2, 0.25) is 0 Å². The van der Waals surface area contributed by atoms with Crippen molar-refractivity contribution in [3.05, 3.63) is 41.6 Å². The first-order valence-electron chi connectivity index (χ1n) is 6.82. The Morgan fingerprint density at radius 1 is 1.08 bits per heavy atom. The molecule has 0 aliphatic rings. The molecule has 0 aliphatic carbocycles. The minimum absolute atomic E-state index is 0.155. The van der Waals surface area contributed by atoms with Crippen LogP contribution in [0.25, 0.3) is 0 Å². The van der Waals surface area contributed by atoms with Crippen LogP contribution in [-0.4, -0.2) is 28.2 Å². The van der Waals surface area contributed by atoms with Crippen LogP contribution in [0.5, 0.6) is 0 Å². The second-order valence-corrected chi connectivity index (χ2v) is 4.71. The fraction of sp³-hybridized carbons (Fsp3) is 0.286. The molecule has 1 aromatic carbocycles. The second kappa shape index (κ2) is 7.39. The fourth-order valence-corrected chi connectivity index (χ4v) is 1.74. The number of benzene rings is 1. The van der Waals surface area contributed by atoms with Crippen LogP contribution in [0.15, 0.2) is 24.3 Å². The van der Waals surface area contributed by atoms with Crippen molar-refractivity contribution < 1.29 is 27.1 Å². The van der Waals surface area contributed by atoms with Crippen LogP contribution >= 0.6 is 0 Å². The molecule has 24 heavy (non-hydrogen) atoms. The van der Waals surface area contributed by atoms with E-state index in [0.29, 0.717) is 12.1 Å². The van der Waals surface area contributed by atoms with Crippen LogP contribution < -0.4 is 10.6 Å². The Balaban J connectivity index is 2.31. The highest BCUT2D eigenvalue weighted by Gasteiger charge is 2.33. The smallest absolute Gasteiger partial charge is 0.396 e. The molecule has 5 nitrogen and oxygen atoms in total. The van der Waals surface area contributed by atoms with Crippen molar-refractivity contribution in [2.75, 3.05) is 23.8 Å². The van der Waals surface area contributed by atoms with E-state index >= 15 is 0 Å². The van der Waals surface area contributed by atoms with Gasteiger partial charge in [0.2, 0.25) is 5.95 Å². The maximum atomic E-state index is 13.6. The highest BCUT2D eigenvalue weighted by Crippen LogP contribution is 2.30. The molecule has 0 bridgehead atoms. The van der Waals surface area contributed by atoms with Gasteiger partial charge in [0.1, 0.15) is 17.5 Å². The molecule has 0 saturated carbocycles. The Morgan fingerprint density at radius 3 is 2.46 bits per heavy atom. The maximum absolute atomic E-state index is 13.6. The summed E-state index contributed by atoms with van der Waals surface area (Å²) in [5, 5.41) is 13.6. The zero-order valence-corrected chi connectivity index (χ0v) is 12.2. The summed E-state index contributed by atoms with van der Waals surface area (Å²) in [6, 6.07) is 3.20. The van der Waals surface area contributed by atoms with Gasteiger partial charge in [-0.25, -0.2) is 13.8 Å². The Kier molecular flexibility index (Phi) is 5.50. The number of hydrogen-bond donors (Lipinski definition) is 3. The topological polar surface area (TPSA) is 70.1 Å². The molecule has 0 fully saturated rings. The van der Waals surface area contributed by atoms with Gasteiger partial charge in [0.15, 0.2) is 5.69 Å². The molecule has 2 aromatic rings. The standard InChI is InChI=1S/C14H13F5N4O/c15-8-2-3-10(9(16)6-8)21-12-7-11(14(17,18)19)22-13(23-12)20-4-1-5-24/h2-3,6-7,24H,1,4-5H2,(H2,20,21,22,23). The minimum Gasteiger partial charge on any atom is -0.396 e. The number of nitrogens with one attached hydrogen (secondary N) is 2. The molecule has 0 atom stereocenters. The van der Waals surface area contributed by atoms with Crippen molar-refractivity contribution >= 4 is 17.5 Å². The van der Waals surface area contributed by atoms with E-state index in [2.05, 4.69) is 20.6 Å².